The fraction of sp³-hybridized carbons (Fsp3) is 0. The van der Waals surface area contributed by atoms with E-state index in [2.05, 4.69) is 20.9 Å². The molecule has 2 rings (SSSR count). The standard InChI is InChI=1S/C8H3BrF2N2O2/c9-2-1-3-6(5(11)4(2)10)13-8(15)7(14)12-3/h1H,(H,12,14)(H,13,15). The van der Waals surface area contributed by atoms with E-state index in [0.717, 1.165) is 0 Å². The van der Waals surface area contributed by atoms with Crippen LogP contribution in [0.2, 0.25) is 0 Å². The molecular weight excluding hydrogens is 274 g/mol. The number of H-pyrrole nitrogens is 2. The number of halogens is 3. The van der Waals surface area contributed by atoms with Crippen molar-refractivity contribution in [1.29, 1.82) is 0 Å². The highest BCUT2D eigenvalue weighted by atomic mass is 79.9. The molecule has 0 atom stereocenters. The summed E-state index contributed by atoms with van der Waals surface area (Å²) in [4.78, 5) is 25.9. The van der Waals surface area contributed by atoms with Crippen molar-refractivity contribution < 1.29 is 8.78 Å². The SMILES string of the molecule is O=c1[nH]c2cc(Br)c(F)c(F)c2[nH]c1=O. The average molecular weight is 277 g/mol. The molecule has 2 aromatic rings. The van der Waals surface area contributed by atoms with Crippen LogP contribution < -0.4 is 11.1 Å². The smallest absolute Gasteiger partial charge is 0.314 e. The van der Waals surface area contributed by atoms with Gasteiger partial charge in [-0.3, -0.25) is 9.59 Å². The second-order valence-corrected chi connectivity index (χ2v) is 3.67. The van der Waals surface area contributed by atoms with Crippen molar-refractivity contribution in [3.05, 3.63) is 42.9 Å². The fourth-order valence-corrected chi connectivity index (χ4v) is 1.57. The van der Waals surface area contributed by atoms with E-state index in [0.29, 0.717) is 0 Å². The van der Waals surface area contributed by atoms with Crippen molar-refractivity contribution in [2.75, 3.05) is 0 Å². The molecule has 4 nitrogen and oxygen atoms in total. The molecule has 7 heteroatoms. The van der Waals surface area contributed by atoms with Gasteiger partial charge in [-0.2, -0.15) is 0 Å². The minimum atomic E-state index is -1.22. The normalized spacial score (nSPS) is 10.9. The molecule has 0 aliphatic carbocycles. The molecule has 0 saturated heterocycles. The van der Waals surface area contributed by atoms with Gasteiger partial charge in [-0.25, -0.2) is 8.78 Å². The van der Waals surface area contributed by atoms with E-state index < -0.39 is 22.8 Å². The third-order valence-electron chi connectivity index (χ3n) is 1.86. The Morgan fingerprint density at radius 3 is 2.33 bits per heavy atom. The van der Waals surface area contributed by atoms with Gasteiger partial charge in [0.25, 0.3) is 0 Å². The monoisotopic (exact) mass is 276 g/mol. The molecule has 1 heterocycles. The maximum Gasteiger partial charge on any atom is 0.314 e. The third-order valence-corrected chi connectivity index (χ3v) is 2.43. The van der Waals surface area contributed by atoms with E-state index in [9.17, 15) is 18.4 Å². The van der Waals surface area contributed by atoms with Gasteiger partial charge in [-0.05, 0) is 22.0 Å². The first-order valence-electron chi connectivity index (χ1n) is 3.80. The molecule has 78 valence electrons. The van der Waals surface area contributed by atoms with Crippen molar-refractivity contribution >= 4 is 27.0 Å². The maximum absolute atomic E-state index is 13.3. The highest BCUT2D eigenvalue weighted by molar-refractivity contribution is 9.10. The Bertz CT molecular complexity index is 662. The van der Waals surface area contributed by atoms with Gasteiger partial charge in [-0.1, -0.05) is 0 Å². The highest BCUT2D eigenvalue weighted by Crippen LogP contribution is 2.23. The summed E-state index contributed by atoms with van der Waals surface area (Å²) in [6.45, 7) is 0. The van der Waals surface area contributed by atoms with E-state index >= 15 is 0 Å². The zero-order chi connectivity index (χ0) is 11.2. The predicted octanol–water partition coefficient (Wildman–Crippen LogP) is 1.26. The minimum absolute atomic E-state index is 0.0189. The van der Waals surface area contributed by atoms with Crippen LogP contribution in [0.3, 0.4) is 0 Å². The van der Waals surface area contributed by atoms with Crippen molar-refractivity contribution in [1.82, 2.24) is 9.97 Å². The molecule has 0 saturated carbocycles. The molecular formula is C8H3BrF2N2O2. The summed E-state index contributed by atoms with van der Waals surface area (Å²) in [5.74, 6) is -2.34. The van der Waals surface area contributed by atoms with E-state index in [4.69, 9.17) is 0 Å². The Morgan fingerprint density at radius 2 is 1.67 bits per heavy atom. The van der Waals surface area contributed by atoms with Crippen molar-refractivity contribution in [2.45, 2.75) is 0 Å². The maximum atomic E-state index is 13.3. The van der Waals surface area contributed by atoms with Gasteiger partial charge in [0.2, 0.25) is 0 Å². The van der Waals surface area contributed by atoms with Crippen molar-refractivity contribution in [3.8, 4) is 0 Å². The molecule has 0 aliphatic heterocycles. The van der Waals surface area contributed by atoms with Gasteiger partial charge >= 0.3 is 11.1 Å². The van der Waals surface area contributed by atoms with E-state index in [1.807, 2.05) is 4.98 Å². The van der Waals surface area contributed by atoms with E-state index in [1.54, 1.807) is 0 Å². The van der Waals surface area contributed by atoms with Crippen LogP contribution >= 0.6 is 15.9 Å². The summed E-state index contributed by atoms with van der Waals surface area (Å²) >= 11 is 2.78. The number of fused-ring (bicyclic) bond motifs is 1. The van der Waals surface area contributed by atoms with E-state index in [-0.39, 0.29) is 15.5 Å². The summed E-state index contributed by atoms with van der Waals surface area (Å²) in [5.41, 5.74) is -2.28. The van der Waals surface area contributed by atoms with Crippen molar-refractivity contribution in [3.63, 3.8) is 0 Å². The molecule has 2 N–H and O–H groups in total. The Kier molecular flexibility index (Phi) is 2.18. The zero-order valence-corrected chi connectivity index (χ0v) is 8.61. The number of hydrogen-bond acceptors (Lipinski definition) is 2. The predicted molar refractivity (Wildman–Crippen MR) is 52.8 cm³/mol. The molecule has 1 aromatic carbocycles. The molecule has 0 amide bonds. The van der Waals surface area contributed by atoms with Gasteiger partial charge in [0.15, 0.2) is 11.6 Å². The minimum Gasteiger partial charge on any atom is -0.316 e. The zero-order valence-electron chi connectivity index (χ0n) is 7.03. The largest absolute Gasteiger partial charge is 0.316 e. The second-order valence-electron chi connectivity index (χ2n) is 2.82. The topological polar surface area (TPSA) is 65.7 Å². The summed E-state index contributed by atoms with van der Waals surface area (Å²) in [6, 6.07) is 1.17. The number of nitrogens with one attached hydrogen (secondary N) is 2. The van der Waals surface area contributed by atoms with Crippen LogP contribution in [0.5, 0.6) is 0 Å². The van der Waals surface area contributed by atoms with Gasteiger partial charge in [0.05, 0.1) is 9.99 Å². The lowest BCUT2D eigenvalue weighted by molar-refractivity contribution is 0.510. The van der Waals surface area contributed by atoms with Crippen LogP contribution in [0.1, 0.15) is 0 Å². The van der Waals surface area contributed by atoms with E-state index in [1.165, 1.54) is 6.07 Å². The second kappa shape index (κ2) is 3.27. The quantitative estimate of drug-likeness (QED) is 0.562. The average Bonchev–Trinajstić information content (AvgIpc) is 2.19. The summed E-state index contributed by atoms with van der Waals surface area (Å²) in [5, 5.41) is 0. The third kappa shape index (κ3) is 1.48. The van der Waals surface area contributed by atoms with Crippen LogP contribution in [0, 0.1) is 11.6 Å². The first-order valence-corrected chi connectivity index (χ1v) is 4.60. The highest BCUT2D eigenvalue weighted by Gasteiger charge is 2.13. The molecule has 0 bridgehead atoms. The number of benzene rings is 1. The number of hydrogen-bond donors (Lipinski definition) is 2. The van der Waals surface area contributed by atoms with Crippen LogP contribution in [-0.2, 0) is 0 Å². The van der Waals surface area contributed by atoms with Gasteiger partial charge < -0.3 is 9.97 Å². The van der Waals surface area contributed by atoms with Crippen LogP contribution in [-0.4, -0.2) is 9.97 Å². The first-order chi connectivity index (χ1) is 7.00. The summed E-state index contributed by atoms with van der Waals surface area (Å²) < 4.78 is 26.2. The number of aromatic amines is 2. The molecule has 0 unspecified atom stereocenters. The number of aromatic nitrogens is 2. The Labute approximate surface area is 89.1 Å². The Hall–Kier alpha value is -1.50. The molecule has 0 spiro atoms. The Morgan fingerprint density at radius 1 is 1.07 bits per heavy atom. The molecule has 1 aromatic heterocycles. The lowest BCUT2D eigenvalue weighted by atomic mass is 10.3. The first kappa shape index (κ1) is 10.0. The van der Waals surface area contributed by atoms with Crippen LogP contribution in [0.15, 0.2) is 20.1 Å². The number of rotatable bonds is 0. The van der Waals surface area contributed by atoms with Crippen LogP contribution in [0.4, 0.5) is 8.78 Å². The van der Waals surface area contributed by atoms with Crippen molar-refractivity contribution in [2.24, 2.45) is 0 Å². The summed E-state index contributed by atoms with van der Waals surface area (Å²) in [6.07, 6.45) is 0. The lowest BCUT2D eigenvalue weighted by Gasteiger charge is -2.01. The van der Waals surface area contributed by atoms with Gasteiger partial charge in [0.1, 0.15) is 5.52 Å². The van der Waals surface area contributed by atoms with Crippen LogP contribution in [0.25, 0.3) is 11.0 Å². The van der Waals surface area contributed by atoms with Gasteiger partial charge in [-0.15, -0.1) is 0 Å². The molecule has 15 heavy (non-hydrogen) atoms. The Balaban J connectivity index is 3.06. The molecule has 0 fully saturated rings. The molecule has 0 radical (unpaired) electrons. The fourth-order valence-electron chi connectivity index (χ4n) is 1.17. The lowest BCUT2D eigenvalue weighted by Crippen LogP contribution is -2.29. The molecule has 0 aliphatic rings. The van der Waals surface area contributed by atoms with Gasteiger partial charge in [0, 0.05) is 0 Å². The summed E-state index contributed by atoms with van der Waals surface area (Å²) in [7, 11) is 0.